The molecule has 0 bridgehead atoms. The Balaban J connectivity index is 2.63. The van der Waals surface area contributed by atoms with Crippen LogP contribution in [0.4, 0.5) is 4.79 Å². The molecule has 0 amide bonds. The fourth-order valence-electron chi connectivity index (χ4n) is 1.43. The molecule has 0 radical (unpaired) electrons. The summed E-state index contributed by atoms with van der Waals surface area (Å²) in [6, 6.07) is 0. The lowest BCUT2D eigenvalue weighted by atomic mass is 10.0. The molecule has 1 saturated heterocycles. The molecule has 1 rings (SSSR count). The van der Waals surface area contributed by atoms with E-state index in [1.54, 1.807) is 6.92 Å². The maximum Gasteiger partial charge on any atom is 0.514 e. The van der Waals surface area contributed by atoms with Gasteiger partial charge in [-0.15, -0.1) is 0 Å². The molecule has 0 aliphatic carbocycles. The Kier molecular flexibility index (Phi) is 3.93. The molecule has 1 fully saturated rings. The van der Waals surface area contributed by atoms with E-state index in [0.29, 0.717) is 6.42 Å². The predicted octanol–water partition coefficient (Wildman–Crippen LogP) is 2.21. The maximum atomic E-state index is 11.0. The van der Waals surface area contributed by atoms with E-state index in [9.17, 15) is 4.79 Å². The van der Waals surface area contributed by atoms with E-state index in [1.807, 2.05) is 13.8 Å². The van der Waals surface area contributed by atoms with Crippen molar-refractivity contribution in [2.45, 2.75) is 45.2 Å². The van der Waals surface area contributed by atoms with Crippen molar-refractivity contribution in [1.82, 2.24) is 0 Å². The Labute approximate surface area is 95.3 Å². The third kappa shape index (κ3) is 2.96. The van der Waals surface area contributed by atoms with Crippen LogP contribution < -0.4 is 0 Å². The summed E-state index contributed by atoms with van der Waals surface area (Å²) in [5.41, 5.74) is -0.882. The molecule has 1 aliphatic heterocycles. The lowest BCUT2D eigenvalue weighted by molar-refractivity contribution is -0.167. The van der Waals surface area contributed by atoms with Crippen LogP contribution >= 0.6 is 0 Å². The van der Waals surface area contributed by atoms with E-state index in [-0.39, 0.29) is 11.9 Å². The second-order valence-corrected chi connectivity index (χ2v) is 4.16. The first-order chi connectivity index (χ1) is 7.37. The number of hydrogen-bond acceptors (Lipinski definition) is 5. The molecular formula is C11H18O5. The van der Waals surface area contributed by atoms with Crippen LogP contribution in [-0.2, 0) is 18.9 Å². The number of carbonyl (C=O) groups excluding carboxylic acids is 1. The van der Waals surface area contributed by atoms with Crippen molar-refractivity contribution in [2.75, 3.05) is 7.11 Å². The maximum absolute atomic E-state index is 11.0. The molecule has 2 atom stereocenters. The topological polar surface area (TPSA) is 54.0 Å². The van der Waals surface area contributed by atoms with E-state index in [1.165, 1.54) is 7.11 Å². The van der Waals surface area contributed by atoms with E-state index in [2.05, 4.69) is 6.58 Å². The summed E-state index contributed by atoms with van der Waals surface area (Å²) < 4.78 is 20.5. The second kappa shape index (κ2) is 4.84. The Morgan fingerprint density at radius 3 is 2.50 bits per heavy atom. The molecule has 0 aromatic rings. The van der Waals surface area contributed by atoms with Crippen molar-refractivity contribution in [3.05, 3.63) is 12.3 Å². The zero-order valence-electron chi connectivity index (χ0n) is 10.1. The molecule has 16 heavy (non-hydrogen) atoms. The second-order valence-electron chi connectivity index (χ2n) is 4.16. The van der Waals surface area contributed by atoms with Crippen LogP contribution in [0, 0.1) is 0 Å². The van der Waals surface area contributed by atoms with Crippen LogP contribution in [0.1, 0.15) is 27.2 Å². The molecule has 0 saturated carbocycles. The first-order valence-electron chi connectivity index (χ1n) is 5.16. The van der Waals surface area contributed by atoms with Crippen molar-refractivity contribution in [1.29, 1.82) is 0 Å². The van der Waals surface area contributed by atoms with Crippen molar-refractivity contribution >= 4 is 6.16 Å². The lowest BCUT2D eigenvalue weighted by Crippen LogP contribution is -2.34. The van der Waals surface area contributed by atoms with Gasteiger partial charge in [0.15, 0.2) is 11.9 Å². The van der Waals surface area contributed by atoms with Gasteiger partial charge < -0.3 is 18.9 Å². The van der Waals surface area contributed by atoms with Crippen LogP contribution in [0.3, 0.4) is 0 Å². The average molecular weight is 230 g/mol. The van der Waals surface area contributed by atoms with E-state index in [4.69, 9.17) is 18.9 Å². The molecule has 0 N–H and O–H groups in total. The van der Waals surface area contributed by atoms with E-state index < -0.39 is 18.0 Å². The highest BCUT2D eigenvalue weighted by Crippen LogP contribution is 2.34. The molecule has 92 valence electrons. The van der Waals surface area contributed by atoms with Crippen LogP contribution in [0.25, 0.3) is 0 Å². The number of methoxy groups -OCH3 is 1. The smallest absolute Gasteiger partial charge is 0.419 e. The Morgan fingerprint density at radius 2 is 2.12 bits per heavy atom. The van der Waals surface area contributed by atoms with Gasteiger partial charge in [0.2, 0.25) is 0 Å². The van der Waals surface area contributed by atoms with Gasteiger partial charge in [0.1, 0.15) is 5.76 Å². The van der Waals surface area contributed by atoms with Crippen molar-refractivity contribution in [3.8, 4) is 0 Å². The van der Waals surface area contributed by atoms with Crippen molar-refractivity contribution in [2.24, 2.45) is 0 Å². The minimum absolute atomic E-state index is 0.0276. The van der Waals surface area contributed by atoms with Crippen LogP contribution in [0.5, 0.6) is 0 Å². The highest BCUT2D eigenvalue weighted by molar-refractivity contribution is 5.66. The molecule has 1 aliphatic rings. The zero-order chi connectivity index (χ0) is 12.3. The van der Waals surface area contributed by atoms with Gasteiger partial charge in [-0.25, -0.2) is 4.79 Å². The van der Waals surface area contributed by atoms with Gasteiger partial charge in [0, 0.05) is 13.5 Å². The van der Waals surface area contributed by atoms with E-state index in [0.717, 1.165) is 0 Å². The summed E-state index contributed by atoms with van der Waals surface area (Å²) in [6.07, 6.45) is -0.810. The molecule has 1 heterocycles. The lowest BCUT2D eigenvalue weighted by Gasteiger charge is -2.26. The van der Waals surface area contributed by atoms with Gasteiger partial charge in [0.05, 0.1) is 6.10 Å². The highest BCUT2D eigenvalue weighted by Gasteiger charge is 2.44. The quantitative estimate of drug-likeness (QED) is 0.535. The number of rotatable bonds is 5. The number of ether oxygens (including phenoxy) is 4. The molecule has 0 spiro atoms. The van der Waals surface area contributed by atoms with E-state index >= 15 is 0 Å². The summed E-state index contributed by atoms with van der Waals surface area (Å²) in [5.74, 6) is 0.284. The number of hydrogen-bond donors (Lipinski definition) is 0. The Morgan fingerprint density at radius 1 is 1.50 bits per heavy atom. The third-order valence-corrected chi connectivity index (χ3v) is 2.35. The van der Waals surface area contributed by atoms with Crippen molar-refractivity contribution < 1.29 is 23.7 Å². The molecule has 5 nitrogen and oxygen atoms in total. The minimum Gasteiger partial charge on any atom is -0.419 e. The molecule has 5 heteroatoms. The normalized spacial score (nSPS) is 26.8. The van der Waals surface area contributed by atoms with Crippen molar-refractivity contribution in [3.63, 3.8) is 0 Å². The van der Waals surface area contributed by atoms with Gasteiger partial charge in [-0.3, -0.25) is 0 Å². The molecule has 2 unspecified atom stereocenters. The summed E-state index contributed by atoms with van der Waals surface area (Å²) in [5, 5.41) is 0. The zero-order valence-corrected chi connectivity index (χ0v) is 10.1. The standard InChI is InChI=1S/C11H18O5/c1-7(2)14-9(13-5)6-11(4)8(3)15-10(12)16-11/h7,9H,3,6H2,1-2,4-5H3. The van der Waals surface area contributed by atoms with Crippen LogP contribution in [0.15, 0.2) is 12.3 Å². The highest BCUT2D eigenvalue weighted by atomic mass is 16.8. The number of carbonyl (C=O) groups is 1. The fraction of sp³-hybridized carbons (Fsp3) is 0.727. The van der Waals surface area contributed by atoms with Gasteiger partial charge in [-0.05, 0) is 20.8 Å². The number of cyclic esters (lactones) is 2. The van der Waals surface area contributed by atoms with Gasteiger partial charge in [-0.1, -0.05) is 6.58 Å². The first kappa shape index (κ1) is 13.0. The third-order valence-electron chi connectivity index (χ3n) is 2.35. The summed E-state index contributed by atoms with van der Waals surface area (Å²) in [6.45, 7) is 9.17. The van der Waals surface area contributed by atoms with Crippen LogP contribution in [0.2, 0.25) is 0 Å². The monoisotopic (exact) mass is 230 g/mol. The Hall–Kier alpha value is -1.07. The van der Waals surface area contributed by atoms with Crippen LogP contribution in [-0.4, -0.2) is 31.3 Å². The fourth-order valence-corrected chi connectivity index (χ4v) is 1.43. The summed E-state index contributed by atoms with van der Waals surface area (Å²) in [7, 11) is 1.54. The molecule has 0 aromatic heterocycles. The van der Waals surface area contributed by atoms with Gasteiger partial charge in [0.25, 0.3) is 0 Å². The summed E-state index contributed by atoms with van der Waals surface area (Å²) >= 11 is 0. The predicted molar refractivity (Wildman–Crippen MR) is 56.7 cm³/mol. The minimum atomic E-state index is -0.882. The molecular weight excluding hydrogens is 212 g/mol. The average Bonchev–Trinajstić information content (AvgIpc) is 2.38. The Bertz CT molecular complexity index is 286. The van der Waals surface area contributed by atoms with Gasteiger partial charge >= 0.3 is 6.16 Å². The SMILES string of the molecule is C=C1OC(=O)OC1(C)CC(OC)OC(C)C. The summed E-state index contributed by atoms with van der Waals surface area (Å²) in [4.78, 5) is 11.0. The molecule has 0 aromatic carbocycles. The first-order valence-corrected chi connectivity index (χ1v) is 5.16. The van der Waals surface area contributed by atoms with Gasteiger partial charge in [-0.2, -0.15) is 0 Å². The largest absolute Gasteiger partial charge is 0.514 e.